The lowest BCUT2D eigenvalue weighted by Crippen LogP contribution is -1.94. The van der Waals surface area contributed by atoms with Gasteiger partial charge in [0, 0.05) is 9.77 Å². The highest BCUT2D eigenvalue weighted by atomic mass is 127. The number of nitrogens with zero attached hydrogens (tertiary/aromatic N) is 5. The second-order valence-corrected chi connectivity index (χ2v) is 5.28. The number of rotatable bonds is 2. The monoisotopic (exact) mass is 385 g/mol. The smallest absolute Gasteiger partial charge is 0.179 e. The van der Waals surface area contributed by atoms with Crippen LogP contribution in [0.3, 0.4) is 0 Å². The Kier molecular flexibility index (Phi) is 3.15. The van der Waals surface area contributed by atoms with Gasteiger partial charge in [0.05, 0.1) is 12.4 Å². The molecule has 0 aliphatic rings. The number of nitroso groups, excluding NO2 is 1. The molecule has 0 unspecified atom stereocenters. The van der Waals surface area contributed by atoms with E-state index in [9.17, 15) is 4.91 Å². The minimum Gasteiger partial charge on any atom is -0.296 e. The third kappa shape index (κ3) is 2.19. The fourth-order valence-corrected chi connectivity index (χ4v) is 2.28. The predicted molar refractivity (Wildman–Crippen MR) is 79.4 cm³/mol. The van der Waals surface area contributed by atoms with E-state index < -0.39 is 0 Å². The van der Waals surface area contributed by atoms with Crippen LogP contribution in [-0.2, 0) is 0 Å². The molecular formula is C11H5ClIN5O. The highest BCUT2D eigenvalue weighted by Crippen LogP contribution is 2.25. The van der Waals surface area contributed by atoms with Gasteiger partial charge in [-0.15, -0.1) is 4.91 Å². The van der Waals surface area contributed by atoms with Gasteiger partial charge in [0.2, 0.25) is 0 Å². The van der Waals surface area contributed by atoms with E-state index in [1.54, 1.807) is 6.20 Å². The molecule has 0 fully saturated rings. The summed E-state index contributed by atoms with van der Waals surface area (Å²) >= 11 is 8.06. The van der Waals surface area contributed by atoms with E-state index in [1.807, 2.05) is 22.7 Å². The van der Waals surface area contributed by atoms with Gasteiger partial charge in [0.25, 0.3) is 0 Å². The first-order valence-electron chi connectivity index (χ1n) is 5.18. The van der Waals surface area contributed by atoms with Crippen LogP contribution >= 0.6 is 34.2 Å². The van der Waals surface area contributed by atoms with Crippen molar-refractivity contribution in [3.8, 4) is 11.5 Å². The Hall–Kier alpha value is -1.61. The molecule has 0 radical (unpaired) electrons. The third-order valence-electron chi connectivity index (χ3n) is 2.52. The van der Waals surface area contributed by atoms with Crippen LogP contribution in [0.4, 0.5) is 5.69 Å². The molecule has 0 saturated carbocycles. The van der Waals surface area contributed by atoms with E-state index in [-0.39, 0.29) is 10.8 Å². The summed E-state index contributed by atoms with van der Waals surface area (Å²) in [6, 6.07) is 3.86. The van der Waals surface area contributed by atoms with Gasteiger partial charge in [0.1, 0.15) is 11.3 Å². The summed E-state index contributed by atoms with van der Waals surface area (Å²) in [7, 11) is 0. The van der Waals surface area contributed by atoms with Gasteiger partial charge in [-0.1, -0.05) is 11.6 Å². The van der Waals surface area contributed by atoms with Crippen molar-refractivity contribution in [1.29, 1.82) is 0 Å². The van der Waals surface area contributed by atoms with E-state index in [2.05, 4.69) is 42.7 Å². The molecule has 0 aromatic carbocycles. The maximum atomic E-state index is 10.4. The number of aromatic nitrogens is 4. The van der Waals surface area contributed by atoms with Crippen molar-refractivity contribution in [2.75, 3.05) is 0 Å². The molecule has 0 aliphatic carbocycles. The molecule has 0 bridgehead atoms. The Morgan fingerprint density at radius 1 is 1.26 bits per heavy atom. The quantitative estimate of drug-likeness (QED) is 0.385. The van der Waals surface area contributed by atoms with Crippen LogP contribution in [0.15, 0.2) is 35.9 Å². The van der Waals surface area contributed by atoms with E-state index in [0.29, 0.717) is 11.5 Å². The first-order chi connectivity index (χ1) is 9.19. The van der Waals surface area contributed by atoms with Crippen LogP contribution < -0.4 is 0 Å². The normalized spacial score (nSPS) is 10.8. The molecule has 0 aliphatic heterocycles. The van der Waals surface area contributed by atoms with Crippen LogP contribution in [0.25, 0.3) is 17.2 Å². The second kappa shape index (κ2) is 4.82. The van der Waals surface area contributed by atoms with Gasteiger partial charge < -0.3 is 0 Å². The molecule has 3 heterocycles. The summed E-state index contributed by atoms with van der Waals surface area (Å²) in [4.78, 5) is 22.9. The summed E-state index contributed by atoms with van der Waals surface area (Å²) in [5.74, 6) is 0.395. The van der Waals surface area contributed by atoms with Crippen molar-refractivity contribution in [2.24, 2.45) is 5.18 Å². The zero-order chi connectivity index (χ0) is 13.4. The lowest BCUT2D eigenvalue weighted by Gasteiger charge is -2.02. The number of hydrogen-bond acceptors (Lipinski definition) is 5. The van der Waals surface area contributed by atoms with Crippen molar-refractivity contribution in [2.45, 2.75) is 0 Å². The topological polar surface area (TPSA) is 72.5 Å². The van der Waals surface area contributed by atoms with Crippen LogP contribution in [0.1, 0.15) is 0 Å². The van der Waals surface area contributed by atoms with Crippen molar-refractivity contribution in [1.82, 2.24) is 19.4 Å². The first kappa shape index (κ1) is 12.4. The Morgan fingerprint density at radius 3 is 2.84 bits per heavy atom. The molecule has 3 rings (SSSR count). The minimum atomic E-state index is 0.0221. The number of pyridine rings is 1. The third-order valence-corrected chi connectivity index (χ3v) is 3.44. The highest BCUT2D eigenvalue weighted by molar-refractivity contribution is 14.1. The van der Waals surface area contributed by atoms with Crippen molar-refractivity contribution < 1.29 is 0 Å². The standard InChI is InChI=1S/C11H5ClIN5O/c12-10-7(17-19)3-15-11(16-10)8-4-14-9-2-1-6(13)5-18(8)9/h1-5H. The average Bonchev–Trinajstić information content (AvgIpc) is 2.81. The molecule has 3 aromatic rings. The van der Waals surface area contributed by atoms with Crippen LogP contribution in [0.5, 0.6) is 0 Å². The molecule has 0 amide bonds. The molecule has 0 N–H and O–H groups in total. The van der Waals surface area contributed by atoms with Gasteiger partial charge >= 0.3 is 0 Å². The molecular weight excluding hydrogens is 381 g/mol. The second-order valence-electron chi connectivity index (χ2n) is 3.68. The minimum absolute atomic E-state index is 0.0221. The van der Waals surface area contributed by atoms with Crippen molar-refractivity contribution >= 4 is 45.5 Å². The van der Waals surface area contributed by atoms with Gasteiger partial charge in [-0.2, -0.15) is 0 Å². The maximum absolute atomic E-state index is 10.4. The summed E-state index contributed by atoms with van der Waals surface area (Å²) in [6.07, 6.45) is 4.87. The molecule has 8 heteroatoms. The van der Waals surface area contributed by atoms with Gasteiger partial charge in [-0.05, 0) is 39.9 Å². The van der Waals surface area contributed by atoms with Crippen LogP contribution in [0, 0.1) is 8.48 Å². The number of hydrogen-bond donors (Lipinski definition) is 0. The number of imidazole rings is 1. The zero-order valence-electron chi connectivity index (χ0n) is 9.29. The molecule has 19 heavy (non-hydrogen) atoms. The number of halogens is 2. The van der Waals surface area contributed by atoms with Crippen molar-refractivity contribution in [3.63, 3.8) is 0 Å². The van der Waals surface area contributed by atoms with Crippen LogP contribution in [-0.4, -0.2) is 19.4 Å². The Bertz CT molecular complexity index is 788. The van der Waals surface area contributed by atoms with Gasteiger partial charge in [-0.25, -0.2) is 15.0 Å². The van der Waals surface area contributed by atoms with Gasteiger partial charge in [-0.3, -0.25) is 4.40 Å². The van der Waals surface area contributed by atoms with E-state index >= 15 is 0 Å². The zero-order valence-corrected chi connectivity index (χ0v) is 12.2. The van der Waals surface area contributed by atoms with Crippen molar-refractivity contribution in [3.05, 3.63) is 44.4 Å². The Morgan fingerprint density at radius 2 is 2.11 bits per heavy atom. The SMILES string of the molecule is O=Nc1cnc(-c2cnc3ccc(I)cn23)nc1Cl. The van der Waals surface area contributed by atoms with Crippen LogP contribution in [0.2, 0.25) is 5.15 Å². The Labute approximate surface area is 126 Å². The Balaban J connectivity index is 2.21. The average molecular weight is 386 g/mol. The molecule has 0 spiro atoms. The molecule has 0 atom stereocenters. The van der Waals surface area contributed by atoms with E-state index in [1.165, 1.54) is 6.20 Å². The fourth-order valence-electron chi connectivity index (χ4n) is 1.66. The summed E-state index contributed by atoms with van der Waals surface area (Å²) < 4.78 is 2.92. The fraction of sp³-hybridized carbons (Fsp3) is 0. The largest absolute Gasteiger partial charge is 0.296 e. The highest BCUT2D eigenvalue weighted by Gasteiger charge is 2.11. The summed E-state index contributed by atoms with van der Waals surface area (Å²) in [6.45, 7) is 0. The molecule has 6 nitrogen and oxygen atoms in total. The molecule has 3 aromatic heterocycles. The predicted octanol–water partition coefficient (Wildman–Crippen LogP) is 3.45. The summed E-state index contributed by atoms with van der Waals surface area (Å²) in [5, 5.41) is 2.77. The lowest BCUT2D eigenvalue weighted by molar-refractivity contribution is 1.10. The number of fused-ring (bicyclic) bond motifs is 1. The van der Waals surface area contributed by atoms with E-state index in [0.717, 1.165) is 9.22 Å². The lowest BCUT2D eigenvalue weighted by atomic mass is 10.4. The summed E-state index contributed by atoms with van der Waals surface area (Å²) in [5.41, 5.74) is 1.51. The van der Waals surface area contributed by atoms with E-state index in [4.69, 9.17) is 11.6 Å². The molecule has 0 saturated heterocycles. The molecule has 94 valence electrons. The maximum Gasteiger partial charge on any atom is 0.179 e. The van der Waals surface area contributed by atoms with Gasteiger partial charge in [0.15, 0.2) is 16.7 Å². The first-order valence-corrected chi connectivity index (χ1v) is 6.63.